The van der Waals surface area contributed by atoms with Gasteiger partial charge in [0.2, 0.25) is 5.91 Å². The van der Waals surface area contributed by atoms with Gasteiger partial charge >= 0.3 is 12.0 Å². The molecule has 3 N–H and O–H groups in total. The van der Waals surface area contributed by atoms with E-state index in [1.165, 1.54) is 0 Å². The van der Waals surface area contributed by atoms with Gasteiger partial charge in [0.25, 0.3) is 0 Å². The summed E-state index contributed by atoms with van der Waals surface area (Å²) in [6, 6.07) is 8.16. The highest BCUT2D eigenvalue weighted by Crippen LogP contribution is 1.99. The molecule has 0 fully saturated rings. The Morgan fingerprint density at radius 3 is 2.39 bits per heavy atom. The van der Waals surface area contributed by atoms with E-state index in [9.17, 15) is 14.4 Å². The van der Waals surface area contributed by atoms with Gasteiger partial charge in [0.05, 0.1) is 12.5 Å². The molecule has 8 heteroatoms. The van der Waals surface area contributed by atoms with Gasteiger partial charge in [-0.2, -0.15) is 0 Å². The second-order valence-electron chi connectivity index (χ2n) is 4.96. The second kappa shape index (κ2) is 10.6. The lowest BCUT2D eigenvalue weighted by Gasteiger charge is -2.22. The fourth-order valence-electron chi connectivity index (χ4n) is 1.70. The number of aliphatic carboxylic acids is 1. The van der Waals surface area contributed by atoms with Gasteiger partial charge in [-0.25, -0.2) is 4.79 Å². The summed E-state index contributed by atoms with van der Waals surface area (Å²) in [5.74, 6) is -1.40. The minimum absolute atomic E-state index is 0. The molecule has 1 atom stereocenters. The molecule has 0 spiro atoms. The minimum Gasteiger partial charge on any atom is -0.481 e. The topological polar surface area (TPSA) is 98.7 Å². The maximum atomic E-state index is 11.9. The van der Waals surface area contributed by atoms with E-state index < -0.39 is 23.9 Å². The standard InChI is InChI=1S/C15H21N3O4.ClH/c1-11(18(2)9-8-13(19)20)14(21)17-15(22)16-10-12-6-4-3-5-7-12;/h3-7,11H,8-10H2,1-2H3,(H,19,20)(H2,16,17,21,22);1H. The number of amides is 3. The number of hydrogen-bond donors (Lipinski definition) is 3. The van der Waals surface area contributed by atoms with Gasteiger partial charge in [0, 0.05) is 13.1 Å². The largest absolute Gasteiger partial charge is 0.481 e. The number of carboxylic acids is 1. The van der Waals surface area contributed by atoms with Crippen molar-refractivity contribution in [3.8, 4) is 0 Å². The molecule has 0 aliphatic rings. The van der Waals surface area contributed by atoms with Crippen molar-refractivity contribution in [2.45, 2.75) is 25.9 Å². The molecule has 1 unspecified atom stereocenters. The van der Waals surface area contributed by atoms with Crippen molar-refractivity contribution < 1.29 is 19.5 Å². The number of likely N-dealkylation sites (N-methyl/N-ethyl adjacent to an activating group) is 1. The maximum Gasteiger partial charge on any atom is 0.321 e. The second-order valence-corrected chi connectivity index (χ2v) is 4.96. The van der Waals surface area contributed by atoms with Crippen molar-refractivity contribution in [1.29, 1.82) is 0 Å². The molecule has 0 saturated heterocycles. The van der Waals surface area contributed by atoms with Crippen molar-refractivity contribution in [2.75, 3.05) is 13.6 Å². The molecule has 23 heavy (non-hydrogen) atoms. The Hall–Kier alpha value is -2.12. The highest BCUT2D eigenvalue weighted by atomic mass is 35.5. The first kappa shape index (κ1) is 20.9. The van der Waals surface area contributed by atoms with Gasteiger partial charge in [0.1, 0.15) is 0 Å². The van der Waals surface area contributed by atoms with Gasteiger partial charge < -0.3 is 10.4 Å². The number of benzene rings is 1. The highest BCUT2D eigenvalue weighted by Gasteiger charge is 2.20. The lowest BCUT2D eigenvalue weighted by molar-refractivity contribution is -0.138. The summed E-state index contributed by atoms with van der Waals surface area (Å²) in [7, 11) is 1.63. The van der Waals surface area contributed by atoms with E-state index in [1.807, 2.05) is 30.3 Å². The number of nitrogens with one attached hydrogen (secondary N) is 2. The Labute approximate surface area is 141 Å². The average Bonchev–Trinajstić information content (AvgIpc) is 2.50. The highest BCUT2D eigenvalue weighted by molar-refractivity contribution is 5.96. The Morgan fingerprint density at radius 1 is 1.22 bits per heavy atom. The number of carbonyl (C=O) groups is 3. The van der Waals surface area contributed by atoms with Crippen LogP contribution in [0.3, 0.4) is 0 Å². The molecule has 0 aliphatic heterocycles. The average molecular weight is 344 g/mol. The normalized spacial score (nSPS) is 11.3. The Morgan fingerprint density at radius 2 is 1.83 bits per heavy atom. The third-order valence-corrected chi connectivity index (χ3v) is 3.25. The molecule has 0 aliphatic carbocycles. The van der Waals surface area contributed by atoms with E-state index in [0.29, 0.717) is 6.54 Å². The molecule has 0 bridgehead atoms. The van der Waals surface area contributed by atoms with E-state index in [0.717, 1.165) is 5.56 Å². The van der Waals surface area contributed by atoms with Crippen LogP contribution in [0.15, 0.2) is 30.3 Å². The van der Waals surface area contributed by atoms with Gasteiger partial charge in [-0.15, -0.1) is 12.4 Å². The number of carboxylic acid groups (broad SMARTS) is 1. The van der Waals surface area contributed by atoms with Crippen LogP contribution in [0.5, 0.6) is 0 Å². The van der Waals surface area contributed by atoms with Crippen molar-refractivity contribution in [2.24, 2.45) is 0 Å². The van der Waals surface area contributed by atoms with E-state index in [2.05, 4.69) is 10.6 Å². The molecule has 1 aromatic carbocycles. The zero-order valence-electron chi connectivity index (χ0n) is 13.1. The molecule has 1 rings (SSSR count). The zero-order chi connectivity index (χ0) is 16.5. The van der Waals surface area contributed by atoms with Crippen molar-refractivity contribution in [3.05, 3.63) is 35.9 Å². The summed E-state index contributed by atoms with van der Waals surface area (Å²) in [6.07, 6.45) is -0.0612. The van der Waals surface area contributed by atoms with Crippen LogP contribution in [0.1, 0.15) is 18.9 Å². The molecule has 3 amide bonds. The number of carbonyl (C=O) groups excluding carboxylic acids is 2. The van der Waals surface area contributed by atoms with E-state index in [1.54, 1.807) is 18.9 Å². The lowest BCUT2D eigenvalue weighted by atomic mass is 10.2. The Bertz CT molecular complexity index is 525. The summed E-state index contributed by atoms with van der Waals surface area (Å²) >= 11 is 0. The molecule has 0 saturated carbocycles. The third kappa shape index (κ3) is 8.18. The zero-order valence-corrected chi connectivity index (χ0v) is 13.9. The van der Waals surface area contributed by atoms with Gasteiger partial charge in [0.15, 0.2) is 0 Å². The fourth-order valence-corrected chi connectivity index (χ4v) is 1.70. The summed E-state index contributed by atoms with van der Waals surface area (Å²) < 4.78 is 0. The molecular formula is C15H22ClN3O4. The fraction of sp³-hybridized carbons (Fsp3) is 0.400. The monoisotopic (exact) mass is 343 g/mol. The molecule has 128 valence electrons. The summed E-state index contributed by atoms with van der Waals surface area (Å²) in [5.41, 5.74) is 0.928. The van der Waals surface area contributed by atoms with Gasteiger partial charge in [-0.3, -0.25) is 19.8 Å². The first-order chi connectivity index (χ1) is 10.4. The third-order valence-electron chi connectivity index (χ3n) is 3.25. The van der Waals surface area contributed by atoms with Crippen LogP contribution >= 0.6 is 12.4 Å². The van der Waals surface area contributed by atoms with Crippen LogP contribution in [0.25, 0.3) is 0 Å². The van der Waals surface area contributed by atoms with Crippen molar-refractivity contribution in [3.63, 3.8) is 0 Å². The Kier molecular flexibility index (Phi) is 9.60. The van der Waals surface area contributed by atoms with Gasteiger partial charge in [-0.1, -0.05) is 30.3 Å². The van der Waals surface area contributed by atoms with Crippen LogP contribution in [0.2, 0.25) is 0 Å². The summed E-state index contributed by atoms with van der Waals surface area (Å²) in [5, 5.41) is 13.4. The predicted molar refractivity (Wildman–Crippen MR) is 88.4 cm³/mol. The van der Waals surface area contributed by atoms with Crippen LogP contribution in [0, 0.1) is 0 Å². The Balaban J connectivity index is 0.00000484. The summed E-state index contributed by atoms with van der Waals surface area (Å²) in [4.78, 5) is 35.6. The summed E-state index contributed by atoms with van der Waals surface area (Å²) in [6.45, 7) is 2.17. The number of halogens is 1. The van der Waals surface area contributed by atoms with Crippen molar-refractivity contribution >= 4 is 30.3 Å². The van der Waals surface area contributed by atoms with Crippen LogP contribution in [-0.2, 0) is 16.1 Å². The molecule has 0 radical (unpaired) electrons. The number of nitrogens with zero attached hydrogens (tertiary/aromatic N) is 1. The number of imide groups is 1. The van der Waals surface area contributed by atoms with Crippen LogP contribution < -0.4 is 10.6 Å². The van der Waals surface area contributed by atoms with E-state index >= 15 is 0 Å². The van der Waals surface area contributed by atoms with E-state index in [-0.39, 0.29) is 25.4 Å². The first-order valence-electron chi connectivity index (χ1n) is 6.94. The maximum absolute atomic E-state index is 11.9. The number of hydrogen-bond acceptors (Lipinski definition) is 4. The first-order valence-corrected chi connectivity index (χ1v) is 6.94. The van der Waals surface area contributed by atoms with Crippen LogP contribution in [-0.4, -0.2) is 47.5 Å². The molecule has 0 heterocycles. The number of urea groups is 1. The SMILES string of the molecule is CC(C(=O)NC(=O)NCc1ccccc1)N(C)CCC(=O)O.Cl. The smallest absolute Gasteiger partial charge is 0.321 e. The predicted octanol–water partition coefficient (Wildman–Crippen LogP) is 1.23. The molecule has 0 aromatic heterocycles. The van der Waals surface area contributed by atoms with Crippen LogP contribution in [0.4, 0.5) is 4.79 Å². The number of rotatable bonds is 7. The molecule has 1 aromatic rings. The molecular weight excluding hydrogens is 322 g/mol. The van der Waals surface area contributed by atoms with Crippen molar-refractivity contribution in [1.82, 2.24) is 15.5 Å². The minimum atomic E-state index is -0.930. The van der Waals surface area contributed by atoms with E-state index in [4.69, 9.17) is 5.11 Å². The van der Waals surface area contributed by atoms with Gasteiger partial charge in [-0.05, 0) is 19.5 Å². The quantitative estimate of drug-likeness (QED) is 0.691. The lowest BCUT2D eigenvalue weighted by Crippen LogP contribution is -2.48. The molecule has 7 nitrogen and oxygen atoms in total.